The molecule has 1 aromatic carbocycles. The number of aliphatic hydroxyl groups excluding tert-OH is 1. The Morgan fingerprint density at radius 1 is 1.26 bits per heavy atom. The van der Waals surface area contributed by atoms with Crippen LogP contribution in [0.5, 0.6) is 0 Å². The molecule has 2 rings (SSSR count). The van der Waals surface area contributed by atoms with Crippen LogP contribution in [0, 0.1) is 6.92 Å². The molecule has 1 heterocycles. The van der Waals surface area contributed by atoms with Gasteiger partial charge in [-0.1, -0.05) is 6.07 Å². The lowest BCUT2D eigenvalue weighted by Gasteiger charge is -2.18. The van der Waals surface area contributed by atoms with Gasteiger partial charge in [0, 0.05) is 36.7 Å². The third kappa shape index (κ3) is 4.43. The minimum Gasteiger partial charge on any atom is -0.395 e. The van der Waals surface area contributed by atoms with Crippen LogP contribution in [0.15, 0.2) is 47.4 Å². The summed E-state index contributed by atoms with van der Waals surface area (Å²) in [6, 6.07) is 10.8. The number of hydrogen-bond acceptors (Lipinski definition) is 4. The van der Waals surface area contributed by atoms with Crippen LogP contribution < -0.4 is 15.8 Å². The fourth-order valence-electron chi connectivity index (χ4n) is 2.21. The average Bonchev–Trinajstić information content (AvgIpc) is 2.53. The van der Waals surface area contributed by atoms with Gasteiger partial charge in [0.25, 0.3) is 5.56 Å². The second kappa shape index (κ2) is 7.60. The first-order valence-corrected chi connectivity index (χ1v) is 7.39. The number of hydrogen-bond donors (Lipinski definition) is 2. The number of anilines is 2. The molecule has 2 N–H and O–H groups in total. The quantitative estimate of drug-likeness (QED) is 0.841. The number of nitrogens with one attached hydrogen (secondary N) is 1. The summed E-state index contributed by atoms with van der Waals surface area (Å²) in [4.78, 5) is 25.9. The van der Waals surface area contributed by atoms with Gasteiger partial charge in [-0.15, -0.1) is 0 Å². The van der Waals surface area contributed by atoms with Crippen molar-refractivity contribution in [1.82, 2.24) is 4.57 Å². The standard InChI is InChI=1S/C17H21N3O3/c1-13-4-3-9-20(17(13)23)12-16(22)18-14-5-7-15(8-6-14)19(2)10-11-21/h3-9,21H,10-12H2,1-2H3,(H,18,22). The van der Waals surface area contributed by atoms with E-state index in [4.69, 9.17) is 5.11 Å². The van der Waals surface area contributed by atoms with Crippen molar-refractivity contribution in [3.63, 3.8) is 0 Å². The number of nitrogens with zero attached hydrogens (tertiary/aromatic N) is 2. The van der Waals surface area contributed by atoms with E-state index in [0.717, 1.165) is 5.69 Å². The fourth-order valence-corrected chi connectivity index (χ4v) is 2.21. The number of pyridine rings is 1. The lowest BCUT2D eigenvalue weighted by atomic mass is 10.2. The first-order chi connectivity index (χ1) is 11.0. The molecule has 1 amide bonds. The number of aliphatic hydroxyl groups is 1. The molecular formula is C17H21N3O3. The highest BCUT2D eigenvalue weighted by molar-refractivity contribution is 5.90. The average molecular weight is 315 g/mol. The predicted octanol–water partition coefficient (Wildman–Crippen LogP) is 1.22. The molecule has 0 aliphatic carbocycles. The summed E-state index contributed by atoms with van der Waals surface area (Å²) in [6.07, 6.45) is 1.60. The normalized spacial score (nSPS) is 10.4. The van der Waals surface area contributed by atoms with Gasteiger partial charge in [-0.25, -0.2) is 0 Å². The van der Waals surface area contributed by atoms with Crippen LogP contribution in [0.1, 0.15) is 5.56 Å². The number of rotatable bonds is 6. The van der Waals surface area contributed by atoms with E-state index in [2.05, 4.69) is 5.32 Å². The molecular weight excluding hydrogens is 294 g/mol. The third-order valence-corrected chi connectivity index (χ3v) is 3.55. The van der Waals surface area contributed by atoms with Crippen LogP contribution in [-0.4, -0.2) is 35.8 Å². The zero-order valence-electron chi connectivity index (χ0n) is 13.3. The van der Waals surface area contributed by atoms with Crippen LogP contribution in [-0.2, 0) is 11.3 Å². The Kier molecular flexibility index (Phi) is 5.54. The summed E-state index contributed by atoms with van der Waals surface area (Å²) in [6.45, 7) is 2.33. The zero-order chi connectivity index (χ0) is 16.8. The van der Waals surface area contributed by atoms with Crippen LogP contribution >= 0.6 is 0 Å². The Morgan fingerprint density at radius 2 is 1.96 bits per heavy atom. The number of aryl methyl sites for hydroxylation is 1. The number of benzene rings is 1. The van der Waals surface area contributed by atoms with Crippen molar-refractivity contribution >= 4 is 17.3 Å². The van der Waals surface area contributed by atoms with E-state index in [9.17, 15) is 9.59 Å². The Bertz CT molecular complexity index is 723. The largest absolute Gasteiger partial charge is 0.395 e. The van der Waals surface area contributed by atoms with E-state index in [0.29, 0.717) is 17.8 Å². The van der Waals surface area contributed by atoms with Crippen LogP contribution in [0.2, 0.25) is 0 Å². The van der Waals surface area contributed by atoms with E-state index in [1.807, 2.05) is 24.1 Å². The van der Waals surface area contributed by atoms with Crippen molar-refractivity contribution in [3.05, 3.63) is 58.5 Å². The molecule has 1 aromatic heterocycles. The maximum atomic E-state index is 12.1. The van der Waals surface area contributed by atoms with Gasteiger partial charge in [-0.2, -0.15) is 0 Å². The number of amides is 1. The highest BCUT2D eigenvalue weighted by Gasteiger charge is 2.07. The van der Waals surface area contributed by atoms with Crippen molar-refractivity contribution in [3.8, 4) is 0 Å². The van der Waals surface area contributed by atoms with E-state index >= 15 is 0 Å². The molecule has 0 aliphatic rings. The van der Waals surface area contributed by atoms with E-state index in [1.165, 1.54) is 4.57 Å². The molecule has 23 heavy (non-hydrogen) atoms. The minimum atomic E-state index is -0.255. The van der Waals surface area contributed by atoms with E-state index < -0.39 is 0 Å². The zero-order valence-corrected chi connectivity index (χ0v) is 13.3. The smallest absolute Gasteiger partial charge is 0.253 e. The summed E-state index contributed by atoms with van der Waals surface area (Å²) in [5.41, 5.74) is 2.06. The maximum absolute atomic E-state index is 12.1. The van der Waals surface area contributed by atoms with Crippen molar-refractivity contribution in [2.75, 3.05) is 30.4 Å². The fraction of sp³-hybridized carbons (Fsp3) is 0.294. The molecule has 0 saturated heterocycles. The summed E-state index contributed by atoms with van der Waals surface area (Å²) in [5, 5.41) is 11.7. The third-order valence-electron chi connectivity index (χ3n) is 3.55. The molecule has 0 unspecified atom stereocenters. The molecule has 122 valence electrons. The van der Waals surface area contributed by atoms with Crippen LogP contribution in [0.3, 0.4) is 0 Å². The van der Waals surface area contributed by atoms with Gasteiger partial charge in [0.1, 0.15) is 6.54 Å². The van der Waals surface area contributed by atoms with Crippen LogP contribution in [0.4, 0.5) is 11.4 Å². The Balaban J connectivity index is 2.00. The van der Waals surface area contributed by atoms with Gasteiger partial charge in [-0.05, 0) is 37.3 Å². The van der Waals surface area contributed by atoms with E-state index in [-0.39, 0.29) is 24.6 Å². The first-order valence-electron chi connectivity index (χ1n) is 7.39. The summed E-state index contributed by atoms with van der Waals surface area (Å²) in [7, 11) is 1.88. The molecule has 0 bridgehead atoms. The Morgan fingerprint density at radius 3 is 2.61 bits per heavy atom. The van der Waals surface area contributed by atoms with Gasteiger partial charge >= 0.3 is 0 Å². The topological polar surface area (TPSA) is 74.6 Å². The van der Waals surface area contributed by atoms with Gasteiger partial charge in [-0.3, -0.25) is 9.59 Å². The second-order valence-electron chi connectivity index (χ2n) is 5.36. The van der Waals surface area contributed by atoms with Gasteiger partial charge in [0.15, 0.2) is 0 Å². The van der Waals surface area contributed by atoms with Crippen molar-refractivity contribution in [2.24, 2.45) is 0 Å². The highest BCUT2D eigenvalue weighted by Crippen LogP contribution is 2.16. The van der Waals surface area contributed by atoms with Crippen molar-refractivity contribution in [1.29, 1.82) is 0 Å². The second-order valence-corrected chi connectivity index (χ2v) is 5.36. The van der Waals surface area contributed by atoms with Gasteiger partial charge in [0.05, 0.1) is 6.61 Å². The van der Waals surface area contributed by atoms with Gasteiger partial charge < -0.3 is 19.9 Å². The molecule has 0 fully saturated rings. The maximum Gasteiger partial charge on any atom is 0.253 e. The Labute approximate surface area is 135 Å². The number of aromatic nitrogens is 1. The first kappa shape index (κ1) is 16.8. The highest BCUT2D eigenvalue weighted by atomic mass is 16.3. The number of carbonyl (C=O) groups is 1. The lowest BCUT2D eigenvalue weighted by Crippen LogP contribution is -2.28. The monoisotopic (exact) mass is 315 g/mol. The number of carbonyl (C=O) groups excluding carboxylic acids is 1. The molecule has 2 aromatic rings. The van der Waals surface area contributed by atoms with Gasteiger partial charge in [0.2, 0.25) is 5.91 Å². The molecule has 0 spiro atoms. The summed E-state index contributed by atoms with van der Waals surface area (Å²) in [5.74, 6) is -0.255. The predicted molar refractivity (Wildman–Crippen MR) is 90.9 cm³/mol. The molecule has 0 saturated carbocycles. The molecule has 0 radical (unpaired) electrons. The van der Waals surface area contributed by atoms with Crippen molar-refractivity contribution in [2.45, 2.75) is 13.5 Å². The molecule has 0 aliphatic heterocycles. The number of likely N-dealkylation sites (N-methyl/N-ethyl adjacent to an activating group) is 1. The molecule has 6 nitrogen and oxygen atoms in total. The SMILES string of the molecule is Cc1cccn(CC(=O)Nc2ccc(N(C)CCO)cc2)c1=O. The van der Waals surface area contributed by atoms with Crippen LogP contribution in [0.25, 0.3) is 0 Å². The van der Waals surface area contributed by atoms with Crippen molar-refractivity contribution < 1.29 is 9.90 Å². The molecule has 6 heteroatoms. The van der Waals surface area contributed by atoms with E-state index in [1.54, 1.807) is 37.4 Å². The lowest BCUT2D eigenvalue weighted by molar-refractivity contribution is -0.116. The minimum absolute atomic E-state index is 0.0212. The summed E-state index contributed by atoms with van der Waals surface area (Å²) >= 11 is 0. The molecule has 0 atom stereocenters. The Hall–Kier alpha value is -2.60. The summed E-state index contributed by atoms with van der Waals surface area (Å²) < 4.78 is 1.38.